The van der Waals surface area contributed by atoms with Crippen molar-refractivity contribution in [3.63, 3.8) is 0 Å². The highest BCUT2D eigenvalue weighted by Gasteiger charge is 2.48. The van der Waals surface area contributed by atoms with Gasteiger partial charge in [0.15, 0.2) is 11.3 Å². The van der Waals surface area contributed by atoms with Gasteiger partial charge in [0.2, 0.25) is 0 Å². The van der Waals surface area contributed by atoms with Crippen LogP contribution in [0.4, 0.5) is 18.0 Å². The number of aromatic nitrogens is 5. The third-order valence-corrected chi connectivity index (χ3v) is 8.14. The first-order valence-corrected chi connectivity index (χ1v) is 13.8. The third kappa shape index (κ3) is 5.54. The second kappa shape index (κ2) is 11.0. The first-order chi connectivity index (χ1) is 20.1. The Balaban J connectivity index is 1.29. The number of halogens is 3. The molecule has 16 heteroatoms. The molecule has 1 unspecified atom stereocenters. The number of nitrogens with zero attached hydrogens (tertiary/aromatic N) is 6. The standard InChI is InChI=1S/C26H29F3N8O5/c1-41-12-18(36-11-19(26(27,28)29)32-25(36)40)15-8-20-31-17(10-37(20)30-9-15)21(13-4-6-16(38)7-5-13)33-24(39)23-22(14-2-3-14)34-42-35-23/h8-10,13-14,18-19,21H,2-7,11-12H2,1H3,(H,32,40)(H,33,39)/t18-,19+,21?/m1/s1. The van der Waals surface area contributed by atoms with Crippen LogP contribution in [0, 0.1) is 5.92 Å². The summed E-state index contributed by atoms with van der Waals surface area (Å²) in [7, 11) is 1.39. The molecule has 2 saturated carbocycles. The van der Waals surface area contributed by atoms with E-state index in [9.17, 15) is 27.6 Å². The molecule has 13 nitrogen and oxygen atoms in total. The average Bonchev–Trinajstić information content (AvgIpc) is 3.33. The summed E-state index contributed by atoms with van der Waals surface area (Å²) in [5.41, 5.74) is 1.95. The Labute approximate surface area is 237 Å². The Morgan fingerprint density at radius 3 is 2.64 bits per heavy atom. The molecule has 2 aliphatic carbocycles. The van der Waals surface area contributed by atoms with Crippen molar-refractivity contribution in [3.05, 3.63) is 41.1 Å². The zero-order valence-electron chi connectivity index (χ0n) is 22.6. The summed E-state index contributed by atoms with van der Waals surface area (Å²) < 4.78 is 51.5. The Kier molecular flexibility index (Phi) is 7.32. The molecule has 3 aliphatic rings. The third-order valence-electron chi connectivity index (χ3n) is 8.14. The van der Waals surface area contributed by atoms with Gasteiger partial charge in [0.05, 0.1) is 43.3 Å². The van der Waals surface area contributed by atoms with Gasteiger partial charge in [-0.1, -0.05) is 5.16 Å². The minimum Gasteiger partial charge on any atom is -0.382 e. The van der Waals surface area contributed by atoms with Crippen molar-refractivity contribution < 1.29 is 36.9 Å². The molecule has 4 heterocycles. The van der Waals surface area contributed by atoms with E-state index in [0.717, 1.165) is 17.7 Å². The predicted octanol–water partition coefficient (Wildman–Crippen LogP) is 2.86. The molecule has 0 radical (unpaired) electrons. The first kappa shape index (κ1) is 28.1. The lowest BCUT2D eigenvalue weighted by molar-refractivity contribution is -0.150. The van der Waals surface area contributed by atoms with E-state index in [1.54, 1.807) is 12.3 Å². The molecular formula is C26H29F3N8O5. The van der Waals surface area contributed by atoms with E-state index in [0.29, 0.717) is 48.3 Å². The molecule has 2 N–H and O–H groups in total. The van der Waals surface area contributed by atoms with Crippen LogP contribution in [0.2, 0.25) is 0 Å². The van der Waals surface area contributed by atoms with Crippen LogP contribution in [-0.2, 0) is 9.53 Å². The van der Waals surface area contributed by atoms with Crippen molar-refractivity contribution in [1.82, 2.24) is 40.4 Å². The molecule has 3 amide bonds. The zero-order chi connectivity index (χ0) is 29.6. The highest BCUT2D eigenvalue weighted by Crippen LogP contribution is 2.41. The van der Waals surface area contributed by atoms with Crippen molar-refractivity contribution >= 4 is 23.4 Å². The van der Waals surface area contributed by atoms with E-state index in [-0.39, 0.29) is 29.9 Å². The number of amides is 3. The van der Waals surface area contributed by atoms with E-state index in [4.69, 9.17) is 14.3 Å². The smallest absolute Gasteiger partial charge is 0.382 e. The number of hydrogen-bond donors (Lipinski definition) is 2. The zero-order valence-corrected chi connectivity index (χ0v) is 22.6. The molecule has 6 rings (SSSR count). The highest BCUT2D eigenvalue weighted by atomic mass is 19.4. The minimum absolute atomic E-state index is 0.0622. The number of fused-ring (bicyclic) bond motifs is 1. The highest BCUT2D eigenvalue weighted by molar-refractivity contribution is 5.93. The van der Waals surface area contributed by atoms with E-state index < -0.39 is 42.8 Å². The molecule has 3 atom stereocenters. The molecule has 0 spiro atoms. The number of carbonyl (C=O) groups excluding carboxylic acids is 3. The van der Waals surface area contributed by atoms with Crippen LogP contribution < -0.4 is 10.6 Å². The lowest BCUT2D eigenvalue weighted by Gasteiger charge is -2.29. The van der Waals surface area contributed by atoms with E-state index in [1.165, 1.54) is 17.8 Å². The fourth-order valence-electron chi connectivity index (χ4n) is 5.69. The van der Waals surface area contributed by atoms with Crippen molar-refractivity contribution in [3.8, 4) is 0 Å². The maximum atomic E-state index is 13.3. The van der Waals surface area contributed by atoms with Gasteiger partial charge in [-0.05, 0) is 42.8 Å². The summed E-state index contributed by atoms with van der Waals surface area (Å²) >= 11 is 0. The van der Waals surface area contributed by atoms with Gasteiger partial charge in [0.1, 0.15) is 17.5 Å². The fourth-order valence-corrected chi connectivity index (χ4v) is 5.69. The number of carbonyl (C=O) groups is 3. The molecule has 3 aromatic rings. The van der Waals surface area contributed by atoms with Crippen molar-refractivity contribution in [1.29, 1.82) is 0 Å². The number of ketones is 1. The number of alkyl halides is 3. The minimum atomic E-state index is -4.59. The van der Waals surface area contributed by atoms with Crippen LogP contribution in [0.15, 0.2) is 23.1 Å². The Bertz CT molecular complexity index is 1490. The normalized spacial score (nSPS) is 21.5. The number of rotatable bonds is 9. The van der Waals surface area contributed by atoms with Gasteiger partial charge in [-0.2, -0.15) is 18.3 Å². The van der Waals surface area contributed by atoms with Gasteiger partial charge < -0.3 is 20.3 Å². The van der Waals surface area contributed by atoms with Crippen LogP contribution in [0.5, 0.6) is 0 Å². The number of ether oxygens (including phenoxy) is 1. The van der Waals surface area contributed by atoms with Gasteiger partial charge in [0.25, 0.3) is 5.91 Å². The molecular weight excluding hydrogens is 561 g/mol. The number of urea groups is 1. The summed E-state index contributed by atoms with van der Waals surface area (Å²) in [4.78, 5) is 43.6. The monoisotopic (exact) mass is 590 g/mol. The molecule has 3 fully saturated rings. The number of methoxy groups -OCH3 is 1. The van der Waals surface area contributed by atoms with Crippen molar-refractivity contribution in [2.75, 3.05) is 20.3 Å². The lowest BCUT2D eigenvalue weighted by atomic mass is 9.82. The van der Waals surface area contributed by atoms with Crippen LogP contribution in [0.1, 0.15) is 84.0 Å². The second-order valence-corrected chi connectivity index (χ2v) is 11.0. The van der Waals surface area contributed by atoms with Gasteiger partial charge in [-0.15, -0.1) is 0 Å². The van der Waals surface area contributed by atoms with Crippen molar-refractivity contribution in [2.24, 2.45) is 5.92 Å². The fraction of sp³-hybridized carbons (Fsp3) is 0.577. The SMILES string of the molecule is COC[C@H](c1cnn2cc(C(NC(=O)c3nonc3C3CC3)C3CCC(=O)CC3)nc2c1)N1C[C@@H](C(F)(F)F)NC1=O. The Morgan fingerprint density at radius 1 is 1.21 bits per heavy atom. The van der Waals surface area contributed by atoms with E-state index in [2.05, 4.69) is 20.7 Å². The molecule has 3 aromatic heterocycles. The number of imidazole rings is 1. The van der Waals surface area contributed by atoms with Gasteiger partial charge in [-0.3, -0.25) is 9.59 Å². The number of nitrogens with one attached hydrogen (secondary N) is 2. The average molecular weight is 591 g/mol. The summed E-state index contributed by atoms with van der Waals surface area (Å²) in [6, 6.07) is -2.65. The lowest BCUT2D eigenvalue weighted by Crippen LogP contribution is -2.40. The molecule has 42 heavy (non-hydrogen) atoms. The van der Waals surface area contributed by atoms with E-state index in [1.807, 2.05) is 5.32 Å². The van der Waals surface area contributed by atoms with Crippen LogP contribution in [0.3, 0.4) is 0 Å². The molecule has 0 bridgehead atoms. The van der Waals surface area contributed by atoms with Gasteiger partial charge in [-0.25, -0.2) is 18.9 Å². The molecule has 1 saturated heterocycles. The summed E-state index contributed by atoms with van der Waals surface area (Å²) in [5, 5.41) is 17.1. The maximum Gasteiger partial charge on any atom is 0.410 e. The summed E-state index contributed by atoms with van der Waals surface area (Å²) in [6.45, 7) is -0.636. The predicted molar refractivity (Wildman–Crippen MR) is 136 cm³/mol. The van der Waals surface area contributed by atoms with Gasteiger partial charge in [0, 0.05) is 31.4 Å². The summed E-state index contributed by atoms with van der Waals surface area (Å²) in [6.07, 6.45) is 2.23. The van der Waals surface area contributed by atoms with Gasteiger partial charge >= 0.3 is 12.2 Å². The quantitative estimate of drug-likeness (QED) is 0.382. The largest absolute Gasteiger partial charge is 0.410 e. The van der Waals surface area contributed by atoms with Crippen LogP contribution >= 0.6 is 0 Å². The Morgan fingerprint density at radius 2 is 1.98 bits per heavy atom. The number of Topliss-reactive ketones (excluding diaryl/α,β-unsaturated/α-hetero) is 1. The topological polar surface area (TPSA) is 157 Å². The van der Waals surface area contributed by atoms with Crippen molar-refractivity contribution in [2.45, 2.75) is 68.7 Å². The molecule has 224 valence electrons. The second-order valence-electron chi connectivity index (χ2n) is 11.0. The molecule has 1 aliphatic heterocycles. The first-order valence-electron chi connectivity index (χ1n) is 13.8. The maximum absolute atomic E-state index is 13.3. The summed E-state index contributed by atoms with van der Waals surface area (Å²) in [5.74, 6) is -0.235. The van der Waals surface area contributed by atoms with E-state index >= 15 is 0 Å². The number of hydrogen-bond acceptors (Lipinski definition) is 9. The van der Waals surface area contributed by atoms with Crippen LogP contribution in [0.25, 0.3) is 5.65 Å². The Hall–Kier alpha value is -4.08. The molecule has 0 aromatic carbocycles. The van der Waals surface area contributed by atoms with Crippen LogP contribution in [-0.4, -0.2) is 80.0 Å².